The molecular weight excluding hydrogens is 175 g/mol. The van der Waals surface area contributed by atoms with Gasteiger partial charge < -0.3 is 0 Å². The molecule has 0 N–H and O–H groups in total. The van der Waals surface area contributed by atoms with Gasteiger partial charge in [-0.3, -0.25) is 0 Å². The van der Waals surface area contributed by atoms with Gasteiger partial charge in [0.1, 0.15) is 0 Å². The van der Waals surface area contributed by atoms with E-state index in [4.69, 9.17) is 0 Å². The molecule has 1 heteroatoms. The topological polar surface area (TPSA) is 0 Å². The molecule has 0 aliphatic heterocycles. The van der Waals surface area contributed by atoms with Crippen molar-refractivity contribution in [1.29, 1.82) is 0 Å². The Morgan fingerprint density at radius 1 is 1.08 bits per heavy atom. The van der Waals surface area contributed by atoms with E-state index < -0.39 is 0 Å². The molecule has 13 heavy (non-hydrogen) atoms. The number of hydrogen-bond acceptors (Lipinski definition) is 0. The lowest BCUT2D eigenvalue weighted by Gasteiger charge is -2.12. The summed E-state index contributed by atoms with van der Waals surface area (Å²) in [5, 5.41) is 1.47. The van der Waals surface area contributed by atoms with Crippen molar-refractivity contribution in [2.24, 2.45) is 0 Å². The molecule has 0 bridgehead atoms. The highest BCUT2D eigenvalue weighted by Gasteiger charge is 2.05. The first-order valence-electron chi connectivity index (χ1n) is 4.60. The summed E-state index contributed by atoms with van der Waals surface area (Å²) in [6, 6.07) is 10.7. The molecule has 1 aromatic carbocycles. The third-order valence-corrected chi connectivity index (χ3v) is 3.57. The van der Waals surface area contributed by atoms with Crippen LogP contribution in [-0.4, -0.2) is 5.66 Å². The molecule has 0 nitrogen and oxygen atoms in total. The fourth-order valence-corrected chi connectivity index (χ4v) is 2.71. The molecule has 0 spiro atoms. The number of benzene rings is 1. The summed E-state index contributed by atoms with van der Waals surface area (Å²) in [7, 11) is 0.916. The van der Waals surface area contributed by atoms with Gasteiger partial charge in [0, 0.05) is 5.66 Å². The predicted octanol–water partition coefficient (Wildman–Crippen LogP) is 2.88. The van der Waals surface area contributed by atoms with Gasteiger partial charge in [0.15, 0.2) is 0 Å². The molecule has 0 saturated carbocycles. The lowest BCUT2D eigenvalue weighted by atomic mass is 10.2. The van der Waals surface area contributed by atoms with E-state index in [2.05, 4.69) is 54.6 Å². The molecule has 1 aliphatic carbocycles. The summed E-state index contributed by atoms with van der Waals surface area (Å²) in [4.78, 5) is 0. The monoisotopic (exact) mass is 188 g/mol. The minimum Gasteiger partial charge on any atom is -0.0836 e. The van der Waals surface area contributed by atoms with Gasteiger partial charge in [-0.2, -0.15) is 0 Å². The lowest BCUT2D eigenvalue weighted by Crippen LogP contribution is -2.03. The molecule has 2 rings (SSSR count). The third kappa shape index (κ3) is 2.54. The van der Waals surface area contributed by atoms with Crippen molar-refractivity contribution in [1.82, 2.24) is 0 Å². The van der Waals surface area contributed by atoms with Crippen LogP contribution in [0.5, 0.6) is 0 Å². The van der Waals surface area contributed by atoms with E-state index in [9.17, 15) is 0 Å². The molecule has 0 saturated heterocycles. The second-order valence-corrected chi connectivity index (χ2v) is 4.77. The van der Waals surface area contributed by atoms with E-state index in [0.717, 1.165) is 14.2 Å². The summed E-state index contributed by atoms with van der Waals surface area (Å²) in [5.74, 6) is 0. The maximum absolute atomic E-state index is 2.31. The highest BCUT2D eigenvalue weighted by Crippen LogP contribution is 2.24. The standard InChI is InChI=1S/C12H13P/c1-3-7-11(8-4-1)13-12-9-5-2-6-10-12/h1-9,12-13H,10H2. The Bertz CT molecular complexity index is 311. The van der Waals surface area contributed by atoms with Gasteiger partial charge in [-0.1, -0.05) is 63.2 Å². The Morgan fingerprint density at radius 3 is 2.62 bits per heavy atom. The zero-order valence-electron chi connectivity index (χ0n) is 7.48. The maximum atomic E-state index is 2.31. The zero-order valence-corrected chi connectivity index (χ0v) is 8.48. The van der Waals surface area contributed by atoms with Crippen LogP contribution in [0.3, 0.4) is 0 Å². The third-order valence-electron chi connectivity index (χ3n) is 2.11. The summed E-state index contributed by atoms with van der Waals surface area (Å²) >= 11 is 0. The molecular formula is C12H13P. The molecule has 2 atom stereocenters. The smallest absolute Gasteiger partial charge is 0.00210 e. The van der Waals surface area contributed by atoms with E-state index in [1.54, 1.807) is 0 Å². The predicted molar refractivity (Wildman–Crippen MR) is 61.1 cm³/mol. The van der Waals surface area contributed by atoms with Crippen LogP contribution in [0, 0.1) is 0 Å². The van der Waals surface area contributed by atoms with Crippen molar-refractivity contribution < 1.29 is 0 Å². The first-order valence-corrected chi connectivity index (χ1v) is 5.68. The van der Waals surface area contributed by atoms with Crippen LogP contribution in [0.15, 0.2) is 54.6 Å². The average Bonchev–Trinajstić information content (AvgIpc) is 2.21. The summed E-state index contributed by atoms with van der Waals surface area (Å²) in [6.45, 7) is 0. The van der Waals surface area contributed by atoms with Crippen LogP contribution in [0.1, 0.15) is 6.42 Å². The van der Waals surface area contributed by atoms with Crippen LogP contribution in [0.2, 0.25) is 0 Å². The van der Waals surface area contributed by atoms with E-state index in [0.29, 0.717) is 0 Å². The largest absolute Gasteiger partial charge is 0.0836 e. The Morgan fingerprint density at radius 2 is 1.92 bits per heavy atom. The number of hydrogen-bond donors (Lipinski definition) is 0. The van der Waals surface area contributed by atoms with E-state index in [1.807, 2.05) is 0 Å². The fraction of sp³-hybridized carbons (Fsp3) is 0.167. The van der Waals surface area contributed by atoms with Crippen molar-refractivity contribution in [2.75, 3.05) is 0 Å². The molecule has 0 radical (unpaired) electrons. The first-order chi connectivity index (χ1) is 6.45. The van der Waals surface area contributed by atoms with Crippen molar-refractivity contribution in [3.8, 4) is 0 Å². The Kier molecular flexibility index (Phi) is 2.94. The minimum atomic E-state index is 0.729. The van der Waals surface area contributed by atoms with E-state index in [1.165, 1.54) is 11.7 Å². The second kappa shape index (κ2) is 4.39. The maximum Gasteiger partial charge on any atom is 0.00210 e. The Labute approximate surface area is 81.2 Å². The quantitative estimate of drug-likeness (QED) is 0.626. The van der Waals surface area contributed by atoms with Gasteiger partial charge in [-0.05, 0) is 11.7 Å². The van der Waals surface area contributed by atoms with Crippen molar-refractivity contribution in [3.63, 3.8) is 0 Å². The van der Waals surface area contributed by atoms with Gasteiger partial charge >= 0.3 is 0 Å². The molecule has 0 amide bonds. The van der Waals surface area contributed by atoms with E-state index in [-0.39, 0.29) is 0 Å². The summed E-state index contributed by atoms with van der Waals surface area (Å²) in [5.41, 5.74) is 0.729. The molecule has 0 heterocycles. The van der Waals surface area contributed by atoms with Gasteiger partial charge in [0.05, 0.1) is 0 Å². The fourth-order valence-electron chi connectivity index (χ4n) is 1.44. The van der Waals surface area contributed by atoms with Gasteiger partial charge in [0.2, 0.25) is 0 Å². The Hall–Kier alpha value is -0.870. The summed E-state index contributed by atoms with van der Waals surface area (Å²) in [6.07, 6.45) is 10.0. The Balaban J connectivity index is 1.99. The van der Waals surface area contributed by atoms with Crippen LogP contribution in [-0.2, 0) is 0 Å². The van der Waals surface area contributed by atoms with Crippen molar-refractivity contribution >= 4 is 13.9 Å². The highest BCUT2D eigenvalue weighted by molar-refractivity contribution is 7.48. The van der Waals surface area contributed by atoms with Crippen LogP contribution >= 0.6 is 8.58 Å². The van der Waals surface area contributed by atoms with Crippen LogP contribution in [0.4, 0.5) is 0 Å². The van der Waals surface area contributed by atoms with E-state index >= 15 is 0 Å². The van der Waals surface area contributed by atoms with Crippen LogP contribution in [0.25, 0.3) is 0 Å². The van der Waals surface area contributed by atoms with Gasteiger partial charge in [-0.15, -0.1) is 0 Å². The zero-order chi connectivity index (χ0) is 8.93. The lowest BCUT2D eigenvalue weighted by molar-refractivity contribution is 1.05. The van der Waals surface area contributed by atoms with Crippen LogP contribution < -0.4 is 5.30 Å². The number of allylic oxidation sites excluding steroid dienone is 4. The first kappa shape index (κ1) is 8.72. The second-order valence-electron chi connectivity index (χ2n) is 3.17. The highest BCUT2D eigenvalue weighted by atomic mass is 31.1. The van der Waals surface area contributed by atoms with Crippen molar-refractivity contribution in [2.45, 2.75) is 12.1 Å². The van der Waals surface area contributed by atoms with Gasteiger partial charge in [0.25, 0.3) is 0 Å². The SMILES string of the molecule is C1=CCC(Pc2ccccc2)C=C1. The number of rotatable bonds is 2. The molecule has 0 fully saturated rings. The van der Waals surface area contributed by atoms with Crippen molar-refractivity contribution in [3.05, 3.63) is 54.6 Å². The molecule has 66 valence electrons. The minimum absolute atomic E-state index is 0.729. The average molecular weight is 188 g/mol. The van der Waals surface area contributed by atoms with Gasteiger partial charge in [-0.25, -0.2) is 0 Å². The molecule has 1 aliphatic rings. The summed E-state index contributed by atoms with van der Waals surface area (Å²) < 4.78 is 0. The normalized spacial score (nSPS) is 21.4. The molecule has 1 aromatic rings. The molecule has 0 aromatic heterocycles. The molecule has 2 unspecified atom stereocenters.